The molecule has 1 aromatic carbocycles. The molecule has 76 valence electrons. The van der Waals surface area contributed by atoms with Crippen molar-refractivity contribution in [3.8, 4) is 6.07 Å². The quantitative estimate of drug-likeness (QED) is 0.733. The van der Waals surface area contributed by atoms with Gasteiger partial charge in [0.15, 0.2) is 0 Å². The zero-order valence-electron chi connectivity index (χ0n) is 8.79. The third kappa shape index (κ3) is 2.07. The Labute approximate surface area is 89.5 Å². The summed E-state index contributed by atoms with van der Waals surface area (Å²) in [6.07, 6.45) is 2.60. The third-order valence-corrected chi connectivity index (χ3v) is 2.93. The number of fused-ring (bicyclic) bond motifs is 1. The molecule has 1 aliphatic rings. The fourth-order valence-corrected chi connectivity index (χ4v) is 2.33. The van der Waals surface area contributed by atoms with Crippen molar-refractivity contribution in [2.75, 3.05) is 0 Å². The van der Waals surface area contributed by atoms with E-state index in [1.165, 1.54) is 11.1 Å². The van der Waals surface area contributed by atoms with Gasteiger partial charge in [-0.3, -0.25) is 0 Å². The maximum absolute atomic E-state index is 11.0. The Morgan fingerprint density at radius 1 is 1.47 bits per heavy atom. The monoisotopic (exact) mass is 199 g/mol. The molecule has 0 heterocycles. The summed E-state index contributed by atoms with van der Waals surface area (Å²) in [5.41, 5.74) is 3.28. The van der Waals surface area contributed by atoms with Crippen molar-refractivity contribution in [1.29, 1.82) is 5.26 Å². The van der Waals surface area contributed by atoms with Gasteiger partial charge in [-0.2, -0.15) is 5.26 Å². The van der Waals surface area contributed by atoms with Gasteiger partial charge in [-0.1, -0.05) is 6.07 Å². The highest BCUT2D eigenvalue weighted by atomic mass is 16.1. The first-order valence-corrected chi connectivity index (χ1v) is 5.20. The Hall–Kier alpha value is -1.62. The van der Waals surface area contributed by atoms with Gasteiger partial charge in [-0.25, -0.2) is 0 Å². The predicted molar refractivity (Wildman–Crippen MR) is 57.4 cm³/mol. The van der Waals surface area contributed by atoms with E-state index in [4.69, 9.17) is 5.26 Å². The molecule has 0 bridgehead atoms. The van der Waals surface area contributed by atoms with Crippen LogP contribution in [0.5, 0.6) is 0 Å². The average Bonchev–Trinajstić information content (AvgIpc) is 2.57. The van der Waals surface area contributed by atoms with E-state index < -0.39 is 0 Å². The SMILES string of the molecule is CC(=O)CC1Cc2ccc(C#N)cc2C1. The fraction of sp³-hybridized carbons (Fsp3) is 0.385. The molecule has 0 fully saturated rings. The van der Waals surface area contributed by atoms with Crippen molar-refractivity contribution in [3.63, 3.8) is 0 Å². The number of carbonyl (C=O) groups excluding carboxylic acids is 1. The van der Waals surface area contributed by atoms with Gasteiger partial charge in [0.2, 0.25) is 0 Å². The predicted octanol–water partition coefficient (Wildman–Crippen LogP) is 2.25. The number of ketones is 1. The molecule has 0 aliphatic heterocycles. The van der Waals surface area contributed by atoms with Crippen LogP contribution in [-0.2, 0) is 17.6 Å². The van der Waals surface area contributed by atoms with Gasteiger partial charge in [0.25, 0.3) is 0 Å². The summed E-state index contributed by atoms with van der Waals surface area (Å²) in [5.74, 6) is 0.708. The van der Waals surface area contributed by atoms with E-state index >= 15 is 0 Å². The molecule has 0 radical (unpaired) electrons. The average molecular weight is 199 g/mol. The van der Waals surface area contributed by atoms with Gasteiger partial charge in [0.1, 0.15) is 5.78 Å². The van der Waals surface area contributed by atoms with Gasteiger partial charge in [-0.15, -0.1) is 0 Å². The number of Topliss-reactive ketones (excluding diaryl/α,β-unsaturated/α-hetero) is 1. The largest absolute Gasteiger partial charge is 0.300 e. The Bertz CT molecular complexity index is 442. The van der Waals surface area contributed by atoms with Crippen LogP contribution in [0.3, 0.4) is 0 Å². The van der Waals surface area contributed by atoms with Crippen LogP contribution in [0, 0.1) is 17.2 Å². The Morgan fingerprint density at radius 3 is 2.87 bits per heavy atom. The summed E-state index contributed by atoms with van der Waals surface area (Å²) >= 11 is 0. The molecule has 0 saturated heterocycles. The van der Waals surface area contributed by atoms with Crippen molar-refractivity contribution in [2.45, 2.75) is 26.2 Å². The summed E-state index contributed by atoms with van der Waals surface area (Å²) < 4.78 is 0. The maximum atomic E-state index is 11.0. The number of nitriles is 1. The smallest absolute Gasteiger partial charge is 0.130 e. The van der Waals surface area contributed by atoms with E-state index in [1.807, 2.05) is 18.2 Å². The zero-order valence-corrected chi connectivity index (χ0v) is 8.79. The van der Waals surface area contributed by atoms with Crippen molar-refractivity contribution in [2.24, 2.45) is 5.92 Å². The zero-order chi connectivity index (χ0) is 10.8. The highest BCUT2D eigenvalue weighted by Crippen LogP contribution is 2.29. The first-order chi connectivity index (χ1) is 7.19. The Morgan fingerprint density at radius 2 is 2.20 bits per heavy atom. The second kappa shape index (κ2) is 3.86. The third-order valence-electron chi connectivity index (χ3n) is 2.93. The van der Waals surface area contributed by atoms with Gasteiger partial charge < -0.3 is 4.79 Å². The Kier molecular flexibility index (Phi) is 2.55. The number of rotatable bonds is 2. The lowest BCUT2D eigenvalue weighted by Crippen LogP contribution is -2.04. The Balaban J connectivity index is 2.17. The molecular formula is C13H13NO. The molecular weight excluding hydrogens is 186 g/mol. The molecule has 1 aromatic rings. The minimum absolute atomic E-state index is 0.258. The maximum Gasteiger partial charge on any atom is 0.130 e. The highest BCUT2D eigenvalue weighted by molar-refractivity contribution is 5.75. The first-order valence-electron chi connectivity index (χ1n) is 5.20. The normalized spacial score (nSPS) is 18.3. The molecule has 0 spiro atoms. The van der Waals surface area contributed by atoms with Crippen LogP contribution in [0.15, 0.2) is 18.2 Å². The minimum atomic E-state index is 0.258. The van der Waals surface area contributed by atoms with Crippen molar-refractivity contribution >= 4 is 5.78 Å². The molecule has 0 N–H and O–H groups in total. The molecule has 2 nitrogen and oxygen atoms in total. The standard InChI is InChI=1S/C13H13NO/c1-9(15)4-11-6-12-3-2-10(8-14)5-13(12)7-11/h2-3,5,11H,4,6-7H2,1H3. The van der Waals surface area contributed by atoms with Gasteiger partial charge in [-0.05, 0) is 48.9 Å². The number of carbonyl (C=O) groups is 1. The molecule has 0 saturated carbocycles. The van der Waals surface area contributed by atoms with Gasteiger partial charge in [0, 0.05) is 6.42 Å². The lowest BCUT2D eigenvalue weighted by Gasteiger charge is -2.03. The van der Waals surface area contributed by atoms with Crippen LogP contribution in [0.2, 0.25) is 0 Å². The summed E-state index contributed by atoms with van der Waals surface area (Å²) in [4.78, 5) is 11.0. The van der Waals surface area contributed by atoms with E-state index in [0.717, 1.165) is 18.4 Å². The topological polar surface area (TPSA) is 40.9 Å². The summed E-state index contributed by atoms with van der Waals surface area (Å²) in [6.45, 7) is 1.64. The van der Waals surface area contributed by atoms with Crippen LogP contribution in [0.1, 0.15) is 30.0 Å². The van der Waals surface area contributed by atoms with Crippen molar-refractivity contribution < 1.29 is 4.79 Å². The molecule has 2 heteroatoms. The summed E-state index contributed by atoms with van der Waals surface area (Å²) in [7, 11) is 0. The van der Waals surface area contributed by atoms with Crippen LogP contribution >= 0.6 is 0 Å². The van der Waals surface area contributed by atoms with E-state index in [9.17, 15) is 4.79 Å². The van der Waals surface area contributed by atoms with Crippen molar-refractivity contribution in [3.05, 3.63) is 34.9 Å². The van der Waals surface area contributed by atoms with E-state index in [1.54, 1.807) is 6.92 Å². The number of nitrogens with zero attached hydrogens (tertiary/aromatic N) is 1. The first kappa shape index (κ1) is 9.92. The van der Waals surface area contributed by atoms with E-state index in [2.05, 4.69) is 6.07 Å². The van der Waals surface area contributed by atoms with Gasteiger partial charge >= 0.3 is 0 Å². The molecule has 1 unspecified atom stereocenters. The minimum Gasteiger partial charge on any atom is -0.300 e. The lowest BCUT2D eigenvalue weighted by atomic mass is 10.0. The van der Waals surface area contributed by atoms with Crippen LogP contribution in [0.4, 0.5) is 0 Å². The fourth-order valence-electron chi connectivity index (χ4n) is 2.33. The van der Waals surface area contributed by atoms with Crippen LogP contribution < -0.4 is 0 Å². The molecule has 0 amide bonds. The lowest BCUT2D eigenvalue weighted by molar-refractivity contribution is -0.117. The highest BCUT2D eigenvalue weighted by Gasteiger charge is 2.22. The number of hydrogen-bond acceptors (Lipinski definition) is 2. The molecule has 1 aliphatic carbocycles. The molecule has 15 heavy (non-hydrogen) atoms. The summed E-state index contributed by atoms with van der Waals surface area (Å²) in [5, 5.41) is 8.78. The van der Waals surface area contributed by atoms with E-state index in [0.29, 0.717) is 12.3 Å². The second-order valence-corrected chi connectivity index (χ2v) is 4.28. The van der Waals surface area contributed by atoms with Gasteiger partial charge in [0.05, 0.1) is 11.6 Å². The molecule has 2 rings (SSSR count). The number of benzene rings is 1. The van der Waals surface area contributed by atoms with Crippen LogP contribution in [-0.4, -0.2) is 5.78 Å². The summed E-state index contributed by atoms with van der Waals surface area (Å²) in [6, 6.07) is 7.98. The number of hydrogen-bond donors (Lipinski definition) is 0. The van der Waals surface area contributed by atoms with E-state index in [-0.39, 0.29) is 5.78 Å². The van der Waals surface area contributed by atoms with Crippen molar-refractivity contribution in [1.82, 2.24) is 0 Å². The molecule has 1 atom stereocenters. The van der Waals surface area contributed by atoms with Crippen LogP contribution in [0.25, 0.3) is 0 Å². The second-order valence-electron chi connectivity index (χ2n) is 4.28. The molecule has 0 aromatic heterocycles.